The number of hydrogen-bond donors (Lipinski definition) is 2. The molecule has 1 aromatic carbocycles. The van der Waals surface area contributed by atoms with Gasteiger partial charge in [0.2, 0.25) is 0 Å². The van der Waals surface area contributed by atoms with Crippen LogP contribution in [0.2, 0.25) is 0 Å². The quantitative estimate of drug-likeness (QED) is 0.681. The van der Waals surface area contributed by atoms with Crippen LogP contribution in [0.5, 0.6) is 5.75 Å². The van der Waals surface area contributed by atoms with E-state index in [9.17, 15) is 5.11 Å². The summed E-state index contributed by atoms with van der Waals surface area (Å²) in [4.78, 5) is 2.01. The van der Waals surface area contributed by atoms with E-state index in [2.05, 4.69) is 0 Å². The molecule has 0 radical (unpaired) electrons. The Morgan fingerprint density at radius 2 is 2.00 bits per heavy atom. The standard InChI is InChI=1S/C14H24N2O3/c1-16(7-8-18-2)10-13(17)11-19-14-5-3-12(9-15)4-6-14/h3-6,13,17H,7-11,15H2,1-2H3. The maximum absolute atomic E-state index is 9.85. The van der Waals surface area contributed by atoms with E-state index in [1.54, 1.807) is 7.11 Å². The van der Waals surface area contributed by atoms with E-state index in [0.29, 0.717) is 19.7 Å². The highest BCUT2D eigenvalue weighted by Crippen LogP contribution is 2.12. The molecule has 1 aromatic rings. The fourth-order valence-corrected chi connectivity index (χ4v) is 1.67. The van der Waals surface area contributed by atoms with Gasteiger partial charge in [0.25, 0.3) is 0 Å². The molecule has 0 aromatic heterocycles. The number of aliphatic hydroxyl groups is 1. The summed E-state index contributed by atoms with van der Waals surface area (Å²) in [5, 5.41) is 9.85. The molecule has 0 aliphatic carbocycles. The number of nitrogens with zero attached hydrogens (tertiary/aromatic N) is 1. The van der Waals surface area contributed by atoms with Gasteiger partial charge >= 0.3 is 0 Å². The van der Waals surface area contributed by atoms with Gasteiger partial charge < -0.3 is 25.2 Å². The number of hydrogen-bond acceptors (Lipinski definition) is 5. The Bertz CT molecular complexity index is 343. The normalized spacial score (nSPS) is 12.7. The van der Waals surface area contributed by atoms with E-state index in [1.807, 2.05) is 36.2 Å². The van der Waals surface area contributed by atoms with Crippen LogP contribution in [-0.2, 0) is 11.3 Å². The highest BCUT2D eigenvalue weighted by Gasteiger charge is 2.09. The molecule has 3 N–H and O–H groups in total. The second kappa shape index (κ2) is 8.87. The molecule has 108 valence electrons. The van der Waals surface area contributed by atoms with Gasteiger partial charge in [-0.05, 0) is 24.7 Å². The molecule has 0 spiro atoms. The van der Waals surface area contributed by atoms with Crippen molar-refractivity contribution in [3.63, 3.8) is 0 Å². The maximum Gasteiger partial charge on any atom is 0.119 e. The molecule has 1 unspecified atom stereocenters. The fourth-order valence-electron chi connectivity index (χ4n) is 1.67. The van der Waals surface area contributed by atoms with Gasteiger partial charge in [-0.1, -0.05) is 12.1 Å². The first kappa shape index (κ1) is 15.9. The Morgan fingerprint density at radius 3 is 2.58 bits per heavy atom. The number of rotatable bonds is 9. The van der Waals surface area contributed by atoms with Gasteiger partial charge in [-0.25, -0.2) is 0 Å². The van der Waals surface area contributed by atoms with E-state index >= 15 is 0 Å². The summed E-state index contributed by atoms with van der Waals surface area (Å²) in [6.07, 6.45) is -0.518. The molecule has 0 heterocycles. The lowest BCUT2D eigenvalue weighted by Crippen LogP contribution is -2.34. The summed E-state index contributed by atoms with van der Waals surface area (Å²) >= 11 is 0. The molecule has 0 bridgehead atoms. The van der Waals surface area contributed by atoms with E-state index in [-0.39, 0.29) is 6.61 Å². The third kappa shape index (κ3) is 6.54. The van der Waals surface area contributed by atoms with Crippen molar-refractivity contribution < 1.29 is 14.6 Å². The van der Waals surface area contributed by atoms with Crippen LogP contribution in [0.15, 0.2) is 24.3 Å². The van der Waals surface area contributed by atoms with Gasteiger partial charge in [0, 0.05) is 26.7 Å². The van der Waals surface area contributed by atoms with Crippen LogP contribution in [0.4, 0.5) is 0 Å². The first-order valence-corrected chi connectivity index (χ1v) is 6.43. The van der Waals surface area contributed by atoms with Crippen molar-refractivity contribution in [3.8, 4) is 5.75 Å². The molecule has 0 amide bonds. The Labute approximate surface area is 114 Å². The first-order chi connectivity index (χ1) is 9.15. The number of likely N-dealkylation sites (N-methyl/N-ethyl adjacent to an activating group) is 1. The van der Waals surface area contributed by atoms with Crippen LogP contribution in [0.25, 0.3) is 0 Å². The van der Waals surface area contributed by atoms with Crippen molar-refractivity contribution in [2.24, 2.45) is 5.73 Å². The average molecular weight is 268 g/mol. The molecule has 0 saturated carbocycles. The molecule has 0 saturated heterocycles. The fraction of sp³-hybridized carbons (Fsp3) is 0.571. The smallest absolute Gasteiger partial charge is 0.119 e. The van der Waals surface area contributed by atoms with E-state index in [4.69, 9.17) is 15.2 Å². The largest absolute Gasteiger partial charge is 0.491 e. The summed E-state index contributed by atoms with van der Waals surface area (Å²) in [6.45, 7) is 2.81. The van der Waals surface area contributed by atoms with Gasteiger partial charge in [-0.15, -0.1) is 0 Å². The topological polar surface area (TPSA) is 68.0 Å². The number of methoxy groups -OCH3 is 1. The number of ether oxygens (including phenoxy) is 2. The Morgan fingerprint density at radius 1 is 1.32 bits per heavy atom. The van der Waals surface area contributed by atoms with Crippen LogP contribution >= 0.6 is 0 Å². The summed E-state index contributed by atoms with van der Waals surface area (Å²) in [6, 6.07) is 7.58. The lowest BCUT2D eigenvalue weighted by molar-refractivity contribution is 0.0668. The molecule has 1 atom stereocenters. The molecule has 0 fully saturated rings. The van der Waals surface area contributed by atoms with Crippen molar-refractivity contribution in [1.82, 2.24) is 4.90 Å². The molecular formula is C14H24N2O3. The van der Waals surface area contributed by atoms with E-state index < -0.39 is 6.10 Å². The summed E-state index contributed by atoms with van der Waals surface area (Å²) in [5.41, 5.74) is 6.58. The Balaban J connectivity index is 2.26. The monoisotopic (exact) mass is 268 g/mol. The molecule has 5 heteroatoms. The van der Waals surface area contributed by atoms with Crippen molar-refractivity contribution in [2.75, 3.05) is 40.5 Å². The predicted molar refractivity (Wildman–Crippen MR) is 75.2 cm³/mol. The zero-order valence-electron chi connectivity index (χ0n) is 11.7. The van der Waals surface area contributed by atoms with Gasteiger partial charge in [-0.3, -0.25) is 0 Å². The highest BCUT2D eigenvalue weighted by molar-refractivity contribution is 5.27. The lowest BCUT2D eigenvalue weighted by atomic mass is 10.2. The van der Waals surface area contributed by atoms with Gasteiger partial charge in [0.1, 0.15) is 18.5 Å². The van der Waals surface area contributed by atoms with Crippen LogP contribution in [0.1, 0.15) is 5.56 Å². The minimum absolute atomic E-state index is 0.277. The SMILES string of the molecule is COCCN(C)CC(O)COc1ccc(CN)cc1. The van der Waals surface area contributed by atoms with Crippen LogP contribution in [0.3, 0.4) is 0 Å². The lowest BCUT2D eigenvalue weighted by Gasteiger charge is -2.20. The Kier molecular flexibility index (Phi) is 7.43. The molecule has 5 nitrogen and oxygen atoms in total. The first-order valence-electron chi connectivity index (χ1n) is 6.43. The van der Waals surface area contributed by atoms with Crippen LogP contribution in [-0.4, -0.2) is 56.6 Å². The predicted octanol–water partition coefficient (Wildman–Crippen LogP) is 0.463. The number of nitrogens with two attached hydrogens (primary N) is 1. The molecule has 0 aliphatic heterocycles. The van der Waals surface area contributed by atoms with Crippen molar-refractivity contribution in [3.05, 3.63) is 29.8 Å². The molecule has 1 rings (SSSR count). The summed E-state index contributed by atoms with van der Waals surface area (Å²) < 4.78 is 10.5. The average Bonchev–Trinajstić information content (AvgIpc) is 2.43. The zero-order valence-corrected chi connectivity index (χ0v) is 11.7. The van der Waals surface area contributed by atoms with Gasteiger partial charge in [0.15, 0.2) is 0 Å². The summed E-state index contributed by atoms with van der Waals surface area (Å²) in [5.74, 6) is 0.746. The third-order valence-electron chi connectivity index (χ3n) is 2.80. The minimum atomic E-state index is -0.518. The second-order valence-electron chi connectivity index (χ2n) is 4.57. The van der Waals surface area contributed by atoms with Crippen molar-refractivity contribution >= 4 is 0 Å². The number of aliphatic hydroxyl groups excluding tert-OH is 1. The summed E-state index contributed by atoms with van der Waals surface area (Å²) in [7, 11) is 3.61. The second-order valence-corrected chi connectivity index (χ2v) is 4.57. The van der Waals surface area contributed by atoms with Crippen molar-refractivity contribution in [1.29, 1.82) is 0 Å². The number of benzene rings is 1. The van der Waals surface area contributed by atoms with Crippen LogP contribution in [0, 0.1) is 0 Å². The van der Waals surface area contributed by atoms with Gasteiger partial charge in [0.05, 0.1) is 6.61 Å². The molecular weight excluding hydrogens is 244 g/mol. The molecule has 19 heavy (non-hydrogen) atoms. The minimum Gasteiger partial charge on any atom is -0.491 e. The third-order valence-corrected chi connectivity index (χ3v) is 2.80. The van der Waals surface area contributed by atoms with E-state index in [1.165, 1.54) is 0 Å². The maximum atomic E-state index is 9.85. The van der Waals surface area contributed by atoms with Gasteiger partial charge in [-0.2, -0.15) is 0 Å². The van der Waals surface area contributed by atoms with E-state index in [0.717, 1.165) is 17.9 Å². The zero-order chi connectivity index (χ0) is 14.1. The Hall–Kier alpha value is -1.14. The van der Waals surface area contributed by atoms with Crippen molar-refractivity contribution in [2.45, 2.75) is 12.6 Å². The van der Waals surface area contributed by atoms with Crippen LogP contribution < -0.4 is 10.5 Å². The molecule has 0 aliphatic rings. The highest BCUT2D eigenvalue weighted by atomic mass is 16.5.